The van der Waals surface area contributed by atoms with Gasteiger partial charge in [0.1, 0.15) is 5.69 Å². The van der Waals surface area contributed by atoms with Crippen molar-refractivity contribution in [2.45, 2.75) is 30.1 Å². The summed E-state index contributed by atoms with van der Waals surface area (Å²) >= 11 is 1.93. The van der Waals surface area contributed by atoms with E-state index in [-0.39, 0.29) is 16.8 Å². The van der Waals surface area contributed by atoms with Gasteiger partial charge in [-0.1, -0.05) is 6.07 Å². The zero-order valence-corrected chi connectivity index (χ0v) is 16.4. The maximum atomic E-state index is 12.2. The van der Waals surface area contributed by atoms with Crippen LogP contribution in [0.5, 0.6) is 0 Å². The van der Waals surface area contributed by atoms with Gasteiger partial charge in [-0.25, -0.2) is 4.79 Å². The van der Waals surface area contributed by atoms with Crippen LogP contribution in [-0.2, 0) is 16.1 Å². The number of carboxylic acid groups (broad SMARTS) is 1. The first kappa shape index (κ1) is 22.1. The third-order valence-electron chi connectivity index (χ3n) is 4.60. The van der Waals surface area contributed by atoms with Gasteiger partial charge in [0.15, 0.2) is 0 Å². The molecule has 2 aliphatic heterocycles. The van der Waals surface area contributed by atoms with Gasteiger partial charge in [0.2, 0.25) is 0 Å². The summed E-state index contributed by atoms with van der Waals surface area (Å²) in [4.78, 5) is 27.1. The highest BCUT2D eigenvalue weighted by atomic mass is 32.2. The second-order valence-corrected chi connectivity index (χ2v) is 8.41. The van der Waals surface area contributed by atoms with Gasteiger partial charge < -0.3 is 14.7 Å². The molecule has 2 N–H and O–H groups in total. The first-order valence-corrected chi connectivity index (χ1v) is 9.90. The fourth-order valence-corrected chi connectivity index (χ4v) is 4.72. The molecular formula is C18H19F3N4O4S. The van der Waals surface area contributed by atoms with Gasteiger partial charge in [-0.15, -0.1) is 11.8 Å². The van der Waals surface area contributed by atoms with E-state index in [2.05, 4.69) is 15.2 Å². The summed E-state index contributed by atoms with van der Waals surface area (Å²) in [5.74, 6) is -1.73. The number of rotatable bonds is 4. The number of amides is 1. The van der Waals surface area contributed by atoms with E-state index in [4.69, 9.17) is 14.6 Å². The average molecular weight is 444 g/mol. The van der Waals surface area contributed by atoms with Crippen LogP contribution in [0.4, 0.5) is 13.2 Å². The molecule has 162 valence electrons. The van der Waals surface area contributed by atoms with Crippen LogP contribution < -0.4 is 0 Å². The predicted octanol–water partition coefficient (Wildman–Crippen LogP) is 2.35. The fourth-order valence-electron chi connectivity index (χ4n) is 3.17. The van der Waals surface area contributed by atoms with Crippen LogP contribution in [0.3, 0.4) is 0 Å². The van der Waals surface area contributed by atoms with Crippen molar-refractivity contribution in [3.63, 3.8) is 0 Å². The van der Waals surface area contributed by atoms with Gasteiger partial charge in [-0.3, -0.25) is 14.9 Å². The number of aromatic amines is 1. The Morgan fingerprint density at radius 2 is 2.07 bits per heavy atom. The van der Waals surface area contributed by atoms with Crippen molar-refractivity contribution < 1.29 is 32.6 Å². The summed E-state index contributed by atoms with van der Waals surface area (Å²) in [5.41, 5.74) is 1.66. The number of alkyl halides is 3. The number of nitrogens with one attached hydrogen (secondary N) is 1. The third-order valence-corrected chi connectivity index (χ3v) is 6.18. The van der Waals surface area contributed by atoms with Gasteiger partial charge in [0.25, 0.3) is 5.91 Å². The zero-order valence-electron chi connectivity index (χ0n) is 15.6. The second-order valence-electron chi connectivity index (χ2n) is 6.93. The molecule has 4 rings (SSSR count). The summed E-state index contributed by atoms with van der Waals surface area (Å²) in [5, 5.41) is 13.7. The third kappa shape index (κ3) is 5.51. The number of thioether (sulfide) groups is 1. The lowest BCUT2D eigenvalue weighted by molar-refractivity contribution is -0.192. The molecule has 12 heteroatoms. The Morgan fingerprint density at radius 1 is 1.33 bits per heavy atom. The topological polar surface area (TPSA) is 108 Å². The van der Waals surface area contributed by atoms with E-state index in [1.165, 1.54) is 0 Å². The van der Waals surface area contributed by atoms with Crippen molar-refractivity contribution in [1.29, 1.82) is 0 Å². The Balaban J connectivity index is 0.000000318. The fraction of sp³-hybridized carbons (Fsp3) is 0.444. The number of hydrogen-bond donors (Lipinski definition) is 2. The van der Waals surface area contributed by atoms with Crippen LogP contribution in [0.2, 0.25) is 0 Å². The molecule has 0 radical (unpaired) electrons. The standard InChI is InChI=1S/C16H18N4O2S.C2HF3O2/c21-15(14-3-5-18-19-14)20-10-16(11-20)6-13(9-23-16)22-8-12-2-1-4-17-7-12;3-2(4,5)1(6)7/h1-5,7,13H,6,8-11H2,(H,18,19);(H,6,7). The Morgan fingerprint density at radius 3 is 2.63 bits per heavy atom. The molecule has 0 saturated carbocycles. The number of H-pyrrole nitrogens is 1. The van der Waals surface area contributed by atoms with Gasteiger partial charge in [-0.05, 0) is 24.1 Å². The predicted molar refractivity (Wildman–Crippen MR) is 101 cm³/mol. The van der Waals surface area contributed by atoms with E-state index in [0.717, 1.165) is 30.8 Å². The van der Waals surface area contributed by atoms with Crippen LogP contribution >= 0.6 is 11.8 Å². The molecule has 1 spiro atoms. The minimum Gasteiger partial charge on any atom is -0.475 e. The number of carboxylic acids is 1. The highest BCUT2D eigenvalue weighted by molar-refractivity contribution is 8.01. The molecule has 0 aliphatic carbocycles. The summed E-state index contributed by atoms with van der Waals surface area (Å²) in [7, 11) is 0. The maximum absolute atomic E-state index is 12.2. The van der Waals surface area contributed by atoms with Crippen LogP contribution in [0.25, 0.3) is 0 Å². The van der Waals surface area contributed by atoms with Crippen molar-refractivity contribution in [3.8, 4) is 0 Å². The molecule has 1 amide bonds. The van der Waals surface area contributed by atoms with E-state index < -0.39 is 12.1 Å². The lowest BCUT2D eigenvalue weighted by atomic mass is 9.92. The number of hydrogen-bond acceptors (Lipinski definition) is 6. The normalized spacial score (nSPS) is 19.7. The summed E-state index contributed by atoms with van der Waals surface area (Å²) in [6.45, 7) is 2.19. The van der Waals surface area contributed by atoms with Crippen molar-refractivity contribution in [2.24, 2.45) is 0 Å². The SMILES string of the molecule is O=C(O)C(F)(F)F.O=C(c1ccn[nH]1)N1CC2(CC(OCc3cccnc3)CS2)C1. The number of carbonyl (C=O) groups excluding carboxylic acids is 1. The van der Waals surface area contributed by atoms with Gasteiger partial charge in [-0.2, -0.15) is 18.3 Å². The van der Waals surface area contributed by atoms with Crippen LogP contribution in [0.1, 0.15) is 22.5 Å². The van der Waals surface area contributed by atoms with E-state index in [1.807, 2.05) is 35.0 Å². The number of carbonyl (C=O) groups is 2. The Hall–Kier alpha value is -2.60. The van der Waals surface area contributed by atoms with Gasteiger partial charge >= 0.3 is 12.1 Å². The number of pyridine rings is 1. The minimum atomic E-state index is -5.08. The van der Waals surface area contributed by atoms with Crippen LogP contribution in [0.15, 0.2) is 36.8 Å². The lowest BCUT2D eigenvalue weighted by Crippen LogP contribution is -2.60. The van der Waals surface area contributed by atoms with Crippen molar-refractivity contribution in [2.75, 3.05) is 18.8 Å². The van der Waals surface area contributed by atoms with Crippen LogP contribution in [-0.4, -0.2) is 72.9 Å². The zero-order chi connectivity index (χ0) is 21.8. The molecule has 4 heterocycles. The Kier molecular flexibility index (Phi) is 6.66. The number of aromatic nitrogens is 3. The largest absolute Gasteiger partial charge is 0.490 e. The first-order chi connectivity index (χ1) is 14.2. The molecule has 2 fully saturated rings. The molecule has 30 heavy (non-hydrogen) atoms. The number of ether oxygens (including phenoxy) is 1. The first-order valence-electron chi connectivity index (χ1n) is 8.92. The van der Waals surface area contributed by atoms with Gasteiger partial charge in [0.05, 0.1) is 17.5 Å². The molecule has 0 bridgehead atoms. The molecule has 2 aliphatic rings. The summed E-state index contributed by atoms with van der Waals surface area (Å²) in [6, 6.07) is 5.67. The summed E-state index contributed by atoms with van der Waals surface area (Å²) < 4.78 is 37.9. The molecule has 0 aromatic carbocycles. The number of halogens is 3. The van der Waals surface area contributed by atoms with Crippen molar-refractivity contribution >= 4 is 23.6 Å². The Labute approximate surface area is 173 Å². The minimum absolute atomic E-state index is 0.0356. The quantitative estimate of drug-likeness (QED) is 0.745. The van der Waals surface area contributed by atoms with Gasteiger partial charge in [0, 0.05) is 37.4 Å². The number of aliphatic carboxylic acids is 1. The number of nitrogens with zero attached hydrogens (tertiary/aromatic N) is 3. The van der Waals surface area contributed by atoms with E-state index in [0.29, 0.717) is 12.3 Å². The second kappa shape index (κ2) is 9.04. The highest BCUT2D eigenvalue weighted by Crippen LogP contribution is 2.46. The average Bonchev–Trinajstić information content (AvgIpc) is 3.35. The molecular weight excluding hydrogens is 425 g/mol. The molecule has 2 saturated heterocycles. The molecule has 1 unspecified atom stereocenters. The van der Waals surface area contributed by atoms with E-state index in [9.17, 15) is 18.0 Å². The monoisotopic (exact) mass is 444 g/mol. The highest BCUT2D eigenvalue weighted by Gasteiger charge is 2.51. The van der Waals surface area contributed by atoms with E-state index in [1.54, 1.807) is 18.5 Å². The van der Waals surface area contributed by atoms with Crippen molar-refractivity contribution in [1.82, 2.24) is 20.1 Å². The smallest absolute Gasteiger partial charge is 0.475 e. The Bertz CT molecular complexity index is 858. The molecule has 8 nitrogen and oxygen atoms in total. The molecule has 2 aromatic heterocycles. The summed E-state index contributed by atoms with van der Waals surface area (Å²) in [6.07, 6.45) is 1.39. The number of likely N-dealkylation sites (tertiary alicyclic amines) is 1. The van der Waals surface area contributed by atoms with E-state index >= 15 is 0 Å². The van der Waals surface area contributed by atoms with Crippen molar-refractivity contribution in [3.05, 3.63) is 48.0 Å². The molecule has 1 atom stereocenters. The maximum Gasteiger partial charge on any atom is 0.490 e. The molecule has 2 aromatic rings. The van der Waals surface area contributed by atoms with Crippen LogP contribution in [0, 0.1) is 0 Å². The lowest BCUT2D eigenvalue weighted by Gasteiger charge is -2.47.